The smallest absolute Gasteiger partial charge is 0.227 e. The maximum atomic E-state index is 8.91. The fourth-order valence-electron chi connectivity index (χ4n) is 15.6. The van der Waals surface area contributed by atoms with Gasteiger partial charge in [-0.3, -0.25) is 0 Å². The molecule has 0 saturated carbocycles. The van der Waals surface area contributed by atoms with Crippen LogP contribution in [0.15, 0.2) is 164 Å². The molecule has 0 N–H and O–H groups in total. The molecule has 16 aromatic rings. The van der Waals surface area contributed by atoms with Crippen LogP contribution in [0.3, 0.4) is 0 Å². The van der Waals surface area contributed by atoms with Crippen molar-refractivity contribution in [2.75, 3.05) is 0 Å². The molecule has 0 radical (unpaired) electrons. The highest BCUT2D eigenvalue weighted by Crippen LogP contribution is 2.43. The quantitative estimate of drug-likeness (QED) is 0.111. The molecule has 12 heterocycles. The predicted octanol–water partition coefficient (Wildman–Crippen LogP) is 25.5. The lowest BCUT2D eigenvalue weighted by atomic mass is 9.86. The van der Waals surface area contributed by atoms with E-state index in [4.69, 9.17) is 48.2 Å². The van der Waals surface area contributed by atoms with E-state index in [2.05, 4.69) is 114 Å². The molecule has 0 atom stereocenters. The number of furan rings is 4. The number of hydrogen-bond donors (Lipinski definition) is 0. The van der Waals surface area contributed by atoms with Crippen LogP contribution in [0.4, 0.5) is 0 Å². The van der Waals surface area contributed by atoms with Crippen molar-refractivity contribution in [1.82, 2.24) is 19.9 Å². The fourth-order valence-corrected chi connectivity index (χ4v) is 15.6. The highest BCUT2D eigenvalue weighted by Gasteiger charge is 2.31. The second-order valence-electron chi connectivity index (χ2n) is 36.3. The number of fused-ring (bicyclic) bond motifs is 12. The Morgan fingerprint density at radius 3 is 0.872 bits per heavy atom. The molecule has 606 valence electrons. The zero-order valence-corrected chi connectivity index (χ0v) is 73.5. The number of aromatic nitrogens is 8. The van der Waals surface area contributed by atoms with E-state index in [9.17, 15) is 0 Å². The van der Waals surface area contributed by atoms with Gasteiger partial charge in [-0.15, -0.1) is 0 Å². The van der Waals surface area contributed by atoms with Crippen LogP contribution in [0.2, 0.25) is 0 Å². The van der Waals surface area contributed by atoms with E-state index in [1.807, 2.05) is 107 Å². The van der Waals surface area contributed by atoms with E-state index >= 15 is 0 Å². The van der Waals surface area contributed by atoms with Crippen LogP contribution in [-0.4, -0.2) is 19.9 Å². The van der Waals surface area contributed by atoms with Gasteiger partial charge >= 0.3 is 0 Å². The second-order valence-corrected chi connectivity index (χ2v) is 36.3. The lowest BCUT2D eigenvalue weighted by Gasteiger charge is -2.19. The van der Waals surface area contributed by atoms with E-state index < -0.39 is 55.9 Å². The van der Waals surface area contributed by atoms with Gasteiger partial charge in [0.1, 0.15) is 28.2 Å². The Balaban J connectivity index is 0.000000150. The molecule has 117 heavy (non-hydrogen) atoms. The number of benzene rings is 4. The molecule has 0 bridgehead atoms. The van der Waals surface area contributed by atoms with Crippen LogP contribution in [0.25, 0.3) is 133 Å². The van der Waals surface area contributed by atoms with Crippen LogP contribution < -0.4 is 18.3 Å². The molecule has 12 aromatic heterocycles. The number of aryl methyl sites for hydroxylation is 15. The average molecular weight is 1580 g/mol. The predicted molar refractivity (Wildman–Crippen MR) is 485 cm³/mol. The maximum absolute atomic E-state index is 8.91. The molecular formula is C105H126N8O4+4. The minimum absolute atomic E-state index is 0.0151. The van der Waals surface area contributed by atoms with Gasteiger partial charge in [0, 0.05) is 133 Å². The minimum Gasteiger partial charge on any atom is -0.437 e. The minimum atomic E-state index is -2.46. The summed E-state index contributed by atoms with van der Waals surface area (Å²) in [4.78, 5) is 18.7. The van der Waals surface area contributed by atoms with E-state index in [0.717, 1.165) is 142 Å². The van der Waals surface area contributed by atoms with Crippen molar-refractivity contribution in [3.63, 3.8) is 0 Å². The van der Waals surface area contributed by atoms with E-state index in [1.54, 1.807) is 115 Å². The topological polar surface area (TPSA) is 120 Å². The molecule has 12 heteroatoms. The zero-order chi connectivity index (χ0) is 97.4. The highest BCUT2D eigenvalue weighted by molar-refractivity contribution is 6.12. The fraction of sp³-hybridized carbons (Fsp3) is 0.390. The van der Waals surface area contributed by atoms with Crippen LogP contribution >= 0.6 is 0 Å². The van der Waals surface area contributed by atoms with E-state index in [0.29, 0.717) is 51.0 Å². The summed E-state index contributed by atoms with van der Waals surface area (Å²) >= 11 is 0. The molecule has 0 aliphatic rings. The first kappa shape index (κ1) is 66.3. The van der Waals surface area contributed by atoms with Gasteiger partial charge in [-0.2, -0.15) is 0 Å². The van der Waals surface area contributed by atoms with Crippen molar-refractivity contribution >= 4 is 88.3 Å². The SMILES string of the molecule is CCc1ccc2c(n1)oc1c(-c3cc(C)c(CC(C)(C)C)c[n+]3C)c(C)ccc12.[2H]C([2H])([2H])c1c[n+](C)c(-c2c(C)ccc3c2oc2nc(C(C)C)ccc23)cc1C([2H])([2H])C(C)(C)C.[2H]C([2H])([2H])c1c[n+](C)c(-c2c(C)ccc3c2oc2nc(CC)ccc23)cc1C([2H])([2H])C(C)(C)C.[2H]C([2H])([2H])c1c[n+](C)c(-c2c(C)ccc3c2oc2nc(CC)ccc23)cc1C([2H])([2H])C(C)(C)C. The largest absolute Gasteiger partial charge is 0.437 e. The van der Waals surface area contributed by atoms with Crippen molar-refractivity contribution in [3.05, 3.63) is 236 Å². The van der Waals surface area contributed by atoms with Crippen LogP contribution in [-0.2, 0) is 73.0 Å². The summed E-state index contributed by atoms with van der Waals surface area (Å²) in [6.07, 6.45) is 4.81. The van der Waals surface area contributed by atoms with Crippen molar-refractivity contribution in [3.8, 4) is 45.0 Å². The average Bonchev–Trinajstić information content (AvgIpc) is 1.27. The van der Waals surface area contributed by atoms with E-state index in [-0.39, 0.29) is 44.7 Å². The molecule has 0 spiro atoms. The van der Waals surface area contributed by atoms with Gasteiger partial charge in [0.05, 0.1) is 22.3 Å². The lowest BCUT2D eigenvalue weighted by molar-refractivity contribution is -0.661. The van der Waals surface area contributed by atoms with Gasteiger partial charge in [0.25, 0.3) is 0 Å². The van der Waals surface area contributed by atoms with Gasteiger partial charge in [-0.05, 0) is 221 Å². The molecule has 0 aliphatic heterocycles. The first-order valence-corrected chi connectivity index (χ1v) is 41.0. The third kappa shape index (κ3) is 17.8. The molecule has 0 aliphatic carbocycles. The van der Waals surface area contributed by atoms with Gasteiger partial charge < -0.3 is 17.7 Å². The zero-order valence-electron chi connectivity index (χ0n) is 88.5. The lowest BCUT2D eigenvalue weighted by Crippen LogP contribution is -2.32. The molecule has 4 aromatic carbocycles. The van der Waals surface area contributed by atoms with Gasteiger partial charge in [-0.25, -0.2) is 38.2 Å². The van der Waals surface area contributed by atoms with Crippen molar-refractivity contribution in [1.29, 1.82) is 0 Å². The Bertz CT molecular complexity index is 6980. The summed E-state index contributed by atoms with van der Waals surface area (Å²) < 4.78 is 159. The number of pyridine rings is 8. The van der Waals surface area contributed by atoms with Crippen molar-refractivity contribution in [2.45, 2.75) is 224 Å². The number of nitrogens with zero attached hydrogens (tertiary/aromatic N) is 8. The standard InChI is InChI=1S/C27H33N2O.3C26H31N2O/c1-16(2)22-12-11-21-20-10-9-17(3)24(25(20)30-26(21)28-22)23-13-19(14-27(5,6)7)18(4)15-29(23)8;2*1-8-19-10-12-21-20-11-9-16(2)23(24(20)29-25(21)27-19)22-13-18(14-26(4,5)6)17(3)15-28(22)7;1-8-19-10-12-21-20-11-9-16(2)23(24(20)29-25(21)27-19)22-13-17(3)18(15-28(22)7)14-26(4,5)6/h9-13,15-16H,14H2,1-8H3;3*9-13,15H,8,14H2,1-7H3/q4*+1/i4D3,14D2;2*3D3,14D2;. The monoisotopic (exact) mass is 1580 g/mol. The Morgan fingerprint density at radius 1 is 0.325 bits per heavy atom. The first-order valence-electron chi connectivity index (χ1n) is 48.5. The summed E-state index contributed by atoms with van der Waals surface area (Å²) in [5.74, 6) is 0.265. The molecule has 0 saturated heterocycles. The number of rotatable bonds is 12. The van der Waals surface area contributed by atoms with Crippen LogP contribution in [0.1, 0.15) is 234 Å². The third-order valence-corrected chi connectivity index (χ3v) is 21.4. The summed E-state index contributed by atoms with van der Waals surface area (Å²) in [6.45, 7) is 36.2. The van der Waals surface area contributed by atoms with E-state index in [1.165, 1.54) is 41.0 Å². The van der Waals surface area contributed by atoms with Crippen LogP contribution in [0, 0.1) is 76.8 Å². The first-order chi connectivity index (χ1) is 61.0. The molecule has 12 nitrogen and oxygen atoms in total. The normalized spacial score (nSPS) is 14.9. The summed E-state index contributed by atoms with van der Waals surface area (Å²) in [5, 5.41) is 7.73. The second kappa shape index (κ2) is 32.6. The Morgan fingerprint density at radius 2 is 0.598 bits per heavy atom. The third-order valence-electron chi connectivity index (χ3n) is 21.4. The van der Waals surface area contributed by atoms with Crippen LogP contribution in [0.5, 0.6) is 0 Å². The summed E-state index contributed by atoms with van der Waals surface area (Å²) in [7, 11) is 7.50. The number of hydrogen-bond acceptors (Lipinski definition) is 8. The van der Waals surface area contributed by atoms with Gasteiger partial charge in [0.2, 0.25) is 45.6 Å². The molecular weight excluding hydrogens is 1440 g/mol. The molecule has 0 unspecified atom stereocenters. The maximum Gasteiger partial charge on any atom is 0.227 e. The Labute approximate surface area is 715 Å². The Hall–Kier alpha value is -10.7. The molecule has 0 fully saturated rings. The summed E-state index contributed by atoms with van der Waals surface area (Å²) in [6, 6.07) is 40.1. The molecule has 16 rings (SSSR count). The summed E-state index contributed by atoms with van der Waals surface area (Å²) in [5.41, 5.74) is 21.2. The van der Waals surface area contributed by atoms with Gasteiger partial charge in [0.15, 0.2) is 47.1 Å². The van der Waals surface area contributed by atoms with Crippen molar-refractivity contribution < 1.29 is 56.5 Å². The Kier molecular flexibility index (Phi) is 18.5. The molecule has 0 amide bonds. The van der Waals surface area contributed by atoms with Crippen molar-refractivity contribution in [2.24, 2.45) is 49.9 Å². The highest BCUT2D eigenvalue weighted by atomic mass is 16.4. The van der Waals surface area contributed by atoms with Gasteiger partial charge in [-0.1, -0.05) is 166 Å².